The smallest absolute Gasteiger partial charge is 0.310 e. The summed E-state index contributed by atoms with van der Waals surface area (Å²) in [6, 6.07) is 9.56. The van der Waals surface area contributed by atoms with Crippen molar-refractivity contribution >= 4 is 34.1 Å². The number of ether oxygens (including phenoxy) is 1. The molecule has 0 saturated heterocycles. The molecule has 1 aromatic carbocycles. The third-order valence-corrected chi connectivity index (χ3v) is 5.19. The topological polar surface area (TPSA) is 85.4 Å². The molecule has 1 N–H and O–H groups in total. The van der Waals surface area contributed by atoms with Crippen molar-refractivity contribution in [3.05, 3.63) is 46.5 Å². The zero-order valence-corrected chi connectivity index (χ0v) is 16.8. The van der Waals surface area contributed by atoms with Crippen molar-refractivity contribution in [2.45, 2.75) is 40.0 Å². The zero-order valence-electron chi connectivity index (χ0n) is 15.9. The molecule has 0 aliphatic heterocycles. The first kappa shape index (κ1) is 20.8. The fourth-order valence-corrected chi connectivity index (χ4v) is 3.73. The van der Waals surface area contributed by atoms with Gasteiger partial charge in [0.25, 0.3) is 0 Å². The molecule has 1 heterocycles. The van der Waals surface area contributed by atoms with Crippen LogP contribution in [0.5, 0.6) is 0 Å². The van der Waals surface area contributed by atoms with Crippen molar-refractivity contribution < 1.29 is 19.1 Å². The lowest BCUT2D eigenvalue weighted by Gasteiger charge is -2.22. The molecule has 6 nitrogen and oxygen atoms in total. The molecule has 1 aromatic heterocycles. The van der Waals surface area contributed by atoms with Crippen LogP contribution in [0.4, 0.5) is 5.13 Å². The second kappa shape index (κ2) is 9.41. The van der Waals surface area contributed by atoms with E-state index in [1.165, 1.54) is 18.3 Å². The van der Waals surface area contributed by atoms with E-state index >= 15 is 0 Å². The number of thiazole rings is 1. The van der Waals surface area contributed by atoms with Crippen LogP contribution in [-0.4, -0.2) is 29.3 Å². The molecule has 0 saturated carbocycles. The number of anilines is 1. The zero-order chi connectivity index (χ0) is 20.0. The molecule has 27 heavy (non-hydrogen) atoms. The molecule has 0 radical (unpaired) electrons. The van der Waals surface area contributed by atoms with Crippen LogP contribution >= 0.6 is 11.3 Å². The number of nitrogens with zero attached hydrogens (tertiary/aromatic N) is 1. The molecular formula is C20H24N2O4S. The largest absolute Gasteiger partial charge is 0.466 e. The van der Waals surface area contributed by atoms with Gasteiger partial charge in [-0.3, -0.25) is 14.4 Å². The first-order valence-electron chi connectivity index (χ1n) is 8.83. The summed E-state index contributed by atoms with van der Waals surface area (Å²) in [5, 5.41) is 3.06. The van der Waals surface area contributed by atoms with Crippen molar-refractivity contribution in [3.8, 4) is 0 Å². The molecule has 2 aromatic rings. The van der Waals surface area contributed by atoms with Crippen molar-refractivity contribution in [1.82, 2.24) is 4.98 Å². The van der Waals surface area contributed by atoms with Gasteiger partial charge in [-0.2, -0.15) is 0 Å². The number of hydrogen-bond acceptors (Lipinski definition) is 6. The van der Waals surface area contributed by atoms with Crippen LogP contribution in [-0.2, 0) is 14.3 Å². The Hall–Kier alpha value is -2.54. The second-order valence-electron chi connectivity index (χ2n) is 6.29. The minimum absolute atomic E-state index is 0.0249. The Labute approximate surface area is 163 Å². The molecule has 144 valence electrons. The molecule has 0 bridgehead atoms. The van der Waals surface area contributed by atoms with Gasteiger partial charge in [-0.15, -0.1) is 11.3 Å². The summed E-state index contributed by atoms with van der Waals surface area (Å²) >= 11 is 1.24. The highest BCUT2D eigenvalue weighted by Gasteiger charge is 2.30. The number of benzene rings is 1. The standard InChI is InChI=1S/C20H24N2O4S/c1-5-26-19(25)16(12(2)15-9-7-6-8-10-15)11-17(24)21-20-22-18(13(3)23)14(4)27-20/h6-10,12,16H,5,11H2,1-4H3,(H,21,22,24)/t12-,16+/m0/s1. The van der Waals surface area contributed by atoms with E-state index in [2.05, 4.69) is 10.3 Å². The second-order valence-corrected chi connectivity index (χ2v) is 7.49. The highest BCUT2D eigenvalue weighted by atomic mass is 32.1. The molecule has 7 heteroatoms. The van der Waals surface area contributed by atoms with Crippen LogP contribution < -0.4 is 5.32 Å². The van der Waals surface area contributed by atoms with E-state index in [9.17, 15) is 14.4 Å². The first-order valence-corrected chi connectivity index (χ1v) is 9.64. The van der Waals surface area contributed by atoms with E-state index in [1.54, 1.807) is 13.8 Å². The van der Waals surface area contributed by atoms with Crippen LogP contribution in [0, 0.1) is 12.8 Å². The summed E-state index contributed by atoms with van der Waals surface area (Å²) in [7, 11) is 0. The lowest BCUT2D eigenvalue weighted by molar-refractivity contribution is -0.150. The van der Waals surface area contributed by atoms with Crippen molar-refractivity contribution in [2.24, 2.45) is 5.92 Å². The number of amides is 1. The number of nitrogens with one attached hydrogen (secondary N) is 1. The summed E-state index contributed by atoms with van der Waals surface area (Å²) in [6.07, 6.45) is -0.0249. The third-order valence-electron chi connectivity index (χ3n) is 4.30. The monoisotopic (exact) mass is 388 g/mol. The van der Waals surface area contributed by atoms with Gasteiger partial charge in [0.05, 0.1) is 12.5 Å². The Kier molecular flexibility index (Phi) is 7.24. The predicted molar refractivity (Wildman–Crippen MR) is 105 cm³/mol. The van der Waals surface area contributed by atoms with Gasteiger partial charge in [0, 0.05) is 18.2 Å². The van der Waals surface area contributed by atoms with Crippen molar-refractivity contribution in [3.63, 3.8) is 0 Å². The number of hydrogen-bond donors (Lipinski definition) is 1. The van der Waals surface area contributed by atoms with Crippen LogP contribution in [0.1, 0.15) is 54.0 Å². The molecule has 0 aliphatic rings. The van der Waals surface area contributed by atoms with E-state index in [0.717, 1.165) is 10.4 Å². The molecular weight excluding hydrogens is 364 g/mol. The number of esters is 1. The maximum atomic E-state index is 12.5. The Morgan fingerprint density at radius 3 is 2.44 bits per heavy atom. The van der Waals surface area contributed by atoms with Gasteiger partial charge in [0.15, 0.2) is 10.9 Å². The number of Topliss-reactive ketones (excluding diaryl/α,β-unsaturated/α-hetero) is 1. The predicted octanol–water partition coefficient (Wildman–Crippen LogP) is 3.97. The van der Waals surface area contributed by atoms with E-state index in [0.29, 0.717) is 10.8 Å². The minimum Gasteiger partial charge on any atom is -0.466 e. The van der Waals surface area contributed by atoms with Gasteiger partial charge in [0.2, 0.25) is 5.91 Å². The van der Waals surface area contributed by atoms with E-state index in [-0.39, 0.29) is 30.6 Å². The summed E-state index contributed by atoms with van der Waals surface area (Å²) in [5.74, 6) is -1.67. The molecule has 1 amide bonds. The highest BCUT2D eigenvalue weighted by molar-refractivity contribution is 7.16. The van der Waals surface area contributed by atoms with Gasteiger partial charge >= 0.3 is 5.97 Å². The summed E-state index contributed by atoms with van der Waals surface area (Å²) in [4.78, 5) is 41.4. The Balaban J connectivity index is 2.14. The SMILES string of the molecule is CCOC(=O)[C@H](CC(=O)Nc1nc(C(C)=O)c(C)s1)[C@@H](C)c1ccccc1. The fraction of sp³-hybridized carbons (Fsp3) is 0.400. The summed E-state index contributed by atoms with van der Waals surface area (Å²) in [5.41, 5.74) is 1.32. The summed E-state index contributed by atoms with van der Waals surface area (Å²) < 4.78 is 5.18. The Bertz CT molecular complexity index is 817. The summed E-state index contributed by atoms with van der Waals surface area (Å²) in [6.45, 7) is 7.12. The average molecular weight is 388 g/mol. The molecule has 2 atom stereocenters. The van der Waals surface area contributed by atoms with E-state index in [4.69, 9.17) is 4.74 Å². The number of carbonyl (C=O) groups is 3. The fourth-order valence-electron chi connectivity index (χ4n) is 2.85. The van der Waals surface area contributed by atoms with Crippen LogP contribution in [0.15, 0.2) is 30.3 Å². The first-order chi connectivity index (χ1) is 12.8. The van der Waals surface area contributed by atoms with Gasteiger partial charge < -0.3 is 10.1 Å². The van der Waals surface area contributed by atoms with Gasteiger partial charge in [-0.05, 0) is 25.3 Å². The number of aryl methyl sites for hydroxylation is 1. The quantitative estimate of drug-likeness (QED) is 0.546. The Morgan fingerprint density at radius 1 is 1.22 bits per heavy atom. The lowest BCUT2D eigenvalue weighted by Crippen LogP contribution is -2.28. The maximum absolute atomic E-state index is 12.5. The number of ketones is 1. The van der Waals surface area contributed by atoms with Crippen LogP contribution in [0.3, 0.4) is 0 Å². The highest BCUT2D eigenvalue weighted by Crippen LogP contribution is 2.29. The minimum atomic E-state index is -0.610. The number of rotatable bonds is 8. The number of aromatic nitrogens is 1. The van der Waals surface area contributed by atoms with E-state index < -0.39 is 11.9 Å². The Morgan fingerprint density at radius 2 is 1.89 bits per heavy atom. The van der Waals surface area contributed by atoms with Crippen molar-refractivity contribution in [1.29, 1.82) is 0 Å². The number of carbonyl (C=O) groups excluding carboxylic acids is 3. The normalized spacial score (nSPS) is 12.9. The van der Waals surface area contributed by atoms with Gasteiger partial charge in [0.1, 0.15) is 5.69 Å². The lowest BCUT2D eigenvalue weighted by atomic mass is 9.85. The van der Waals surface area contributed by atoms with Crippen LogP contribution in [0.2, 0.25) is 0 Å². The molecule has 0 aliphatic carbocycles. The van der Waals surface area contributed by atoms with Gasteiger partial charge in [-0.25, -0.2) is 4.98 Å². The van der Waals surface area contributed by atoms with Crippen molar-refractivity contribution in [2.75, 3.05) is 11.9 Å². The molecule has 0 spiro atoms. The van der Waals surface area contributed by atoms with Crippen LogP contribution in [0.25, 0.3) is 0 Å². The average Bonchev–Trinajstić information content (AvgIpc) is 3.00. The molecule has 0 unspecified atom stereocenters. The van der Waals surface area contributed by atoms with E-state index in [1.807, 2.05) is 37.3 Å². The van der Waals surface area contributed by atoms with Gasteiger partial charge in [-0.1, -0.05) is 37.3 Å². The third kappa shape index (κ3) is 5.47. The molecule has 0 fully saturated rings. The molecule has 2 rings (SSSR count). The maximum Gasteiger partial charge on any atom is 0.310 e.